The van der Waals surface area contributed by atoms with Crippen molar-refractivity contribution in [3.8, 4) is 0 Å². The fraction of sp³-hybridized carbons (Fsp3) is 0.667. The van der Waals surface area contributed by atoms with Gasteiger partial charge in [-0.2, -0.15) is 0 Å². The highest BCUT2D eigenvalue weighted by atomic mass is 14.7. The van der Waals surface area contributed by atoms with E-state index in [4.69, 9.17) is 5.73 Å². The van der Waals surface area contributed by atoms with Crippen molar-refractivity contribution < 1.29 is 0 Å². The maximum absolute atomic E-state index is 6.47. The Hall–Kier alpha value is -0.890. The van der Waals surface area contributed by atoms with Crippen molar-refractivity contribution in [2.24, 2.45) is 17.1 Å². The van der Waals surface area contributed by atoms with Crippen molar-refractivity contribution in [3.05, 3.63) is 29.6 Å². The van der Waals surface area contributed by atoms with E-state index in [1.807, 2.05) is 12.4 Å². The van der Waals surface area contributed by atoms with E-state index in [2.05, 4.69) is 31.8 Å². The minimum absolute atomic E-state index is 0.137. The summed E-state index contributed by atoms with van der Waals surface area (Å²) in [6.07, 6.45) is 9.04. The Balaban J connectivity index is 2.21. The van der Waals surface area contributed by atoms with E-state index in [1.54, 1.807) is 0 Å². The molecule has 2 rings (SSSR count). The summed E-state index contributed by atoms with van der Waals surface area (Å²) in [5, 5.41) is 0. The summed E-state index contributed by atoms with van der Waals surface area (Å²) in [6, 6.07) is 2.32. The quantitative estimate of drug-likeness (QED) is 0.846. The molecule has 94 valence electrons. The SMILES string of the molecule is Cc1cncc(C(N)C2CCCCC2(C)C)c1. The highest BCUT2D eigenvalue weighted by Gasteiger charge is 2.36. The van der Waals surface area contributed by atoms with E-state index >= 15 is 0 Å². The summed E-state index contributed by atoms with van der Waals surface area (Å²) < 4.78 is 0. The Morgan fingerprint density at radius 2 is 2.12 bits per heavy atom. The molecule has 0 spiro atoms. The van der Waals surface area contributed by atoms with E-state index in [-0.39, 0.29) is 6.04 Å². The van der Waals surface area contributed by atoms with Crippen molar-refractivity contribution in [1.29, 1.82) is 0 Å². The Morgan fingerprint density at radius 1 is 1.35 bits per heavy atom. The first-order valence-electron chi connectivity index (χ1n) is 6.68. The summed E-state index contributed by atoms with van der Waals surface area (Å²) in [5.74, 6) is 0.583. The van der Waals surface area contributed by atoms with Crippen LogP contribution in [0.4, 0.5) is 0 Å². The van der Waals surface area contributed by atoms with E-state index in [0.29, 0.717) is 11.3 Å². The molecule has 1 saturated carbocycles. The van der Waals surface area contributed by atoms with Crippen LogP contribution in [0.1, 0.15) is 56.7 Å². The van der Waals surface area contributed by atoms with Gasteiger partial charge in [-0.1, -0.05) is 32.8 Å². The molecule has 0 bridgehead atoms. The third-order valence-corrected chi connectivity index (χ3v) is 4.30. The number of pyridine rings is 1. The van der Waals surface area contributed by atoms with Gasteiger partial charge in [0, 0.05) is 18.4 Å². The number of hydrogen-bond donors (Lipinski definition) is 1. The molecule has 17 heavy (non-hydrogen) atoms. The van der Waals surface area contributed by atoms with Gasteiger partial charge in [-0.3, -0.25) is 4.98 Å². The van der Waals surface area contributed by atoms with Gasteiger partial charge < -0.3 is 5.73 Å². The predicted molar refractivity (Wildman–Crippen MR) is 71.6 cm³/mol. The molecule has 0 amide bonds. The van der Waals surface area contributed by atoms with Crippen LogP contribution in [-0.2, 0) is 0 Å². The van der Waals surface area contributed by atoms with Gasteiger partial charge in [0.25, 0.3) is 0 Å². The molecule has 1 aliphatic rings. The van der Waals surface area contributed by atoms with Crippen LogP contribution < -0.4 is 5.73 Å². The fourth-order valence-electron chi connectivity index (χ4n) is 3.18. The molecule has 2 nitrogen and oxygen atoms in total. The van der Waals surface area contributed by atoms with Gasteiger partial charge in [-0.25, -0.2) is 0 Å². The average molecular weight is 232 g/mol. The monoisotopic (exact) mass is 232 g/mol. The van der Waals surface area contributed by atoms with Gasteiger partial charge in [-0.15, -0.1) is 0 Å². The Kier molecular flexibility index (Phi) is 3.53. The average Bonchev–Trinajstić information content (AvgIpc) is 2.27. The van der Waals surface area contributed by atoms with Crippen LogP contribution in [0.2, 0.25) is 0 Å². The van der Waals surface area contributed by atoms with Gasteiger partial charge >= 0.3 is 0 Å². The lowest BCUT2D eigenvalue weighted by molar-refractivity contribution is 0.112. The lowest BCUT2D eigenvalue weighted by atomic mass is 9.65. The lowest BCUT2D eigenvalue weighted by Crippen LogP contribution is -2.36. The van der Waals surface area contributed by atoms with Gasteiger partial charge in [0.1, 0.15) is 0 Å². The molecule has 0 saturated heterocycles. The van der Waals surface area contributed by atoms with Crippen molar-refractivity contribution in [1.82, 2.24) is 4.98 Å². The molecular formula is C15H24N2. The van der Waals surface area contributed by atoms with Crippen LogP contribution in [-0.4, -0.2) is 4.98 Å². The highest BCUT2D eigenvalue weighted by Crippen LogP contribution is 2.45. The minimum atomic E-state index is 0.137. The number of aryl methyl sites for hydroxylation is 1. The third-order valence-electron chi connectivity index (χ3n) is 4.30. The summed E-state index contributed by atoms with van der Waals surface area (Å²) >= 11 is 0. The topological polar surface area (TPSA) is 38.9 Å². The third kappa shape index (κ3) is 2.68. The lowest BCUT2D eigenvalue weighted by Gasteiger charge is -2.42. The van der Waals surface area contributed by atoms with Gasteiger partial charge in [0.05, 0.1) is 0 Å². The second-order valence-corrected chi connectivity index (χ2v) is 6.16. The van der Waals surface area contributed by atoms with Gasteiger partial charge in [-0.05, 0) is 42.2 Å². The zero-order valence-corrected chi connectivity index (χ0v) is 11.2. The molecule has 1 fully saturated rings. The fourth-order valence-corrected chi connectivity index (χ4v) is 3.18. The van der Waals surface area contributed by atoms with E-state index in [0.717, 1.165) is 0 Å². The van der Waals surface area contributed by atoms with E-state index in [9.17, 15) is 0 Å². The molecule has 2 unspecified atom stereocenters. The molecule has 2 heteroatoms. The first kappa shape index (κ1) is 12.6. The predicted octanol–water partition coefficient (Wildman–Crippen LogP) is 3.61. The van der Waals surface area contributed by atoms with Crippen LogP contribution in [0, 0.1) is 18.3 Å². The van der Waals surface area contributed by atoms with Crippen molar-refractivity contribution in [2.45, 2.75) is 52.5 Å². The Bertz CT molecular complexity index is 384. The van der Waals surface area contributed by atoms with Gasteiger partial charge in [0.2, 0.25) is 0 Å². The number of nitrogens with zero attached hydrogens (tertiary/aromatic N) is 1. The molecule has 2 atom stereocenters. The largest absolute Gasteiger partial charge is 0.324 e. The van der Waals surface area contributed by atoms with Crippen LogP contribution in [0.5, 0.6) is 0 Å². The van der Waals surface area contributed by atoms with Crippen LogP contribution >= 0.6 is 0 Å². The molecule has 1 aromatic rings. The van der Waals surface area contributed by atoms with Crippen LogP contribution in [0.25, 0.3) is 0 Å². The second kappa shape index (κ2) is 4.77. The summed E-state index contributed by atoms with van der Waals surface area (Å²) in [4.78, 5) is 4.27. The Morgan fingerprint density at radius 3 is 2.76 bits per heavy atom. The van der Waals surface area contributed by atoms with Crippen LogP contribution in [0.15, 0.2) is 18.5 Å². The summed E-state index contributed by atoms with van der Waals surface area (Å²) in [7, 11) is 0. The maximum Gasteiger partial charge on any atom is 0.0344 e. The van der Waals surface area contributed by atoms with Crippen molar-refractivity contribution in [3.63, 3.8) is 0 Å². The Labute approximate surface area is 105 Å². The number of hydrogen-bond acceptors (Lipinski definition) is 2. The summed E-state index contributed by atoms with van der Waals surface area (Å²) in [5.41, 5.74) is 9.24. The molecule has 1 heterocycles. The number of aromatic nitrogens is 1. The van der Waals surface area contributed by atoms with E-state index < -0.39 is 0 Å². The highest BCUT2D eigenvalue weighted by molar-refractivity contribution is 5.21. The maximum atomic E-state index is 6.47. The molecule has 0 aliphatic heterocycles. The zero-order chi connectivity index (χ0) is 12.5. The molecule has 0 radical (unpaired) electrons. The van der Waals surface area contributed by atoms with Gasteiger partial charge in [0.15, 0.2) is 0 Å². The first-order valence-corrected chi connectivity index (χ1v) is 6.68. The van der Waals surface area contributed by atoms with Crippen molar-refractivity contribution >= 4 is 0 Å². The summed E-state index contributed by atoms with van der Waals surface area (Å²) in [6.45, 7) is 6.80. The molecule has 1 aromatic heterocycles. The smallest absolute Gasteiger partial charge is 0.0344 e. The number of rotatable bonds is 2. The number of nitrogens with two attached hydrogens (primary N) is 1. The minimum Gasteiger partial charge on any atom is -0.324 e. The van der Waals surface area contributed by atoms with Crippen molar-refractivity contribution in [2.75, 3.05) is 0 Å². The standard InChI is InChI=1S/C15H24N2/c1-11-8-12(10-17-9-11)14(16)13-6-4-5-7-15(13,2)3/h8-10,13-14H,4-7,16H2,1-3H3. The molecule has 0 aromatic carbocycles. The molecule has 2 N–H and O–H groups in total. The van der Waals surface area contributed by atoms with Crippen LogP contribution in [0.3, 0.4) is 0 Å². The second-order valence-electron chi connectivity index (χ2n) is 6.16. The molecular weight excluding hydrogens is 208 g/mol. The first-order chi connectivity index (χ1) is 8.00. The molecule has 1 aliphatic carbocycles. The van der Waals surface area contributed by atoms with E-state index in [1.165, 1.54) is 36.8 Å². The zero-order valence-electron chi connectivity index (χ0n) is 11.2. The normalized spacial score (nSPS) is 25.5.